The van der Waals surface area contributed by atoms with Gasteiger partial charge in [0.15, 0.2) is 0 Å². The van der Waals surface area contributed by atoms with Crippen LogP contribution in [0.25, 0.3) is 6.08 Å². The molecule has 2 nitrogen and oxygen atoms in total. The summed E-state index contributed by atoms with van der Waals surface area (Å²) < 4.78 is 4.73. The minimum atomic E-state index is -0.310. The first kappa shape index (κ1) is 11.2. The van der Waals surface area contributed by atoms with Gasteiger partial charge in [0.25, 0.3) is 0 Å². The van der Waals surface area contributed by atoms with E-state index in [0.717, 1.165) is 5.56 Å². The summed E-state index contributed by atoms with van der Waals surface area (Å²) in [4.78, 5) is 10.9. The number of allylic oxidation sites excluding steroid dienone is 2. The lowest BCUT2D eigenvalue weighted by molar-refractivity contribution is -0.137. The van der Waals surface area contributed by atoms with Gasteiger partial charge in [-0.1, -0.05) is 48.6 Å². The number of rotatable bonds is 4. The first-order chi connectivity index (χ1) is 7.33. The van der Waals surface area contributed by atoms with Gasteiger partial charge in [-0.2, -0.15) is 0 Å². The van der Waals surface area contributed by atoms with Gasteiger partial charge in [-0.3, -0.25) is 0 Å². The van der Waals surface area contributed by atoms with Crippen LogP contribution < -0.4 is 0 Å². The third-order valence-electron chi connectivity index (χ3n) is 1.72. The highest BCUT2D eigenvalue weighted by Gasteiger charge is 1.89. The Kier molecular flexibility index (Phi) is 4.95. The van der Waals surface area contributed by atoms with Gasteiger partial charge < -0.3 is 4.74 Å². The van der Waals surface area contributed by atoms with Crippen LogP contribution in [-0.4, -0.2) is 12.6 Å². The van der Waals surface area contributed by atoms with Gasteiger partial charge in [-0.15, -0.1) is 0 Å². The maximum atomic E-state index is 10.9. The molecule has 0 unspecified atom stereocenters. The predicted octanol–water partition coefficient (Wildman–Crippen LogP) is 2.82. The highest BCUT2D eigenvalue weighted by molar-refractivity contribution is 5.82. The normalized spacial score (nSPS) is 11.0. The minimum absolute atomic E-state index is 0.310. The van der Waals surface area contributed by atoms with Gasteiger partial charge in [-0.05, 0) is 12.5 Å². The van der Waals surface area contributed by atoms with Crippen LogP contribution in [0.5, 0.6) is 0 Å². The molecule has 0 aliphatic carbocycles. The van der Waals surface area contributed by atoms with Crippen LogP contribution in [0.1, 0.15) is 12.5 Å². The highest BCUT2D eigenvalue weighted by Crippen LogP contribution is 2.00. The number of hydrogen-bond donors (Lipinski definition) is 0. The van der Waals surface area contributed by atoms with Crippen molar-refractivity contribution in [2.24, 2.45) is 0 Å². The zero-order valence-corrected chi connectivity index (χ0v) is 8.72. The summed E-state index contributed by atoms with van der Waals surface area (Å²) in [7, 11) is 0. The summed E-state index contributed by atoms with van der Waals surface area (Å²) >= 11 is 0. The Morgan fingerprint density at radius 1 is 1.27 bits per heavy atom. The molecule has 0 radical (unpaired) electrons. The molecule has 0 aliphatic heterocycles. The topological polar surface area (TPSA) is 26.3 Å². The van der Waals surface area contributed by atoms with E-state index in [0.29, 0.717) is 6.61 Å². The van der Waals surface area contributed by atoms with E-state index >= 15 is 0 Å². The van der Waals surface area contributed by atoms with Crippen molar-refractivity contribution in [3.05, 3.63) is 54.1 Å². The Labute approximate surface area is 89.9 Å². The Bertz CT molecular complexity index is 350. The van der Waals surface area contributed by atoms with E-state index in [1.54, 1.807) is 13.0 Å². The molecule has 0 saturated heterocycles. The van der Waals surface area contributed by atoms with Crippen molar-refractivity contribution in [1.82, 2.24) is 0 Å². The fraction of sp³-hybridized carbons (Fsp3) is 0.154. The molecule has 0 aliphatic rings. The quantitative estimate of drug-likeness (QED) is 0.426. The van der Waals surface area contributed by atoms with Crippen molar-refractivity contribution >= 4 is 12.0 Å². The van der Waals surface area contributed by atoms with Crippen LogP contribution in [0.4, 0.5) is 0 Å². The summed E-state index contributed by atoms with van der Waals surface area (Å²) in [6.45, 7) is 2.19. The summed E-state index contributed by atoms with van der Waals surface area (Å²) in [5.41, 5.74) is 1.10. The van der Waals surface area contributed by atoms with E-state index in [2.05, 4.69) is 0 Å². The van der Waals surface area contributed by atoms with Gasteiger partial charge >= 0.3 is 5.97 Å². The molecule has 0 heterocycles. The largest absolute Gasteiger partial charge is 0.463 e. The number of ether oxygens (including phenoxy) is 1. The van der Waals surface area contributed by atoms with Crippen LogP contribution in [0.2, 0.25) is 0 Å². The molecular formula is C13H14O2. The third kappa shape index (κ3) is 4.81. The number of esters is 1. The van der Waals surface area contributed by atoms with Gasteiger partial charge in [0.2, 0.25) is 0 Å². The molecule has 0 atom stereocenters. The van der Waals surface area contributed by atoms with Crippen molar-refractivity contribution in [2.45, 2.75) is 6.92 Å². The van der Waals surface area contributed by atoms with Crippen LogP contribution in [0.3, 0.4) is 0 Å². The Hall–Kier alpha value is -1.83. The Balaban J connectivity index is 2.43. The molecular weight excluding hydrogens is 188 g/mol. The average molecular weight is 202 g/mol. The Morgan fingerprint density at radius 3 is 2.67 bits per heavy atom. The van der Waals surface area contributed by atoms with E-state index in [1.807, 2.05) is 42.5 Å². The van der Waals surface area contributed by atoms with Crippen LogP contribution in [-0.2, 0) is 9.53 Å². The first-order valence-corrected chi connectivity index (χ1v) is 4.89. The standard InChI is InChI=1S/C13H14O2/c1-2-15-13(14)11-7-6-10-12-8-4-3-5-9-12/h3-11H,2H2,1H3/b10-6+,11-7?. The first-order valence-electron chi connectivity index (χ1n) is 4.89. The molecule has 0 amide bonds. The molecule has 0 saturated carbocycles. The molecule has 15 heavy (non-hydrogen) atoms. The lowest BCUT2D eigenvalue weighted by Crippen LogP contribution is -1.98. The SMILES string of the molecule is CCOC(=O)C=C/C=C/c1ccccc1. The second kappa shape index (κ2) is 6.60. The number of hydrogen-bond acceptors (Lipinski definition) is 2. The van der Waals surface area contributed by atoms with E-state index in [1.165, 1.54) is 6.08 Å². The third-order valence-corrected chi connectivity index (χ3v) is 1.72. The van der Waals surface area contributed by atoms with Crippen LogP contribution in [0, 0.1) is 0 Å². The minimum Gasteiger partial charge on any atom is -0.463 e. The van der Waals surface area contributed by atoms with Crippen molar-refractivity contribution in [3.63, 3.8) is 0 Å². The zero-order chi connectivity index (χ0) is 10.9. The molecule has 0 spiro atoms. The zero-order valence-electron chi connectivity index (χ0n) is 8.72. The van der Waals surface area contributed by atoms with E-state index in [-0.39, 0.29) is 5.97 Å². The van der Waals surface area contributed by atoms with Gasteiger partial charge in [0.05, 0.1) is 6.61 Å². The van der Waals surface area contributed by atoms with Gasteiger partial charge in [0.1, 0.15) is 0 Å². The second-order valence-electron chi connectivity index (χ2n) is 2.88. The molecule has 1 rings (SSSR count). The monoisotopic (exact) mass is 202 g/mol. The average Bonchev–Trinajstić information content (AvgIpc) is 2.26. The predicted molar refractivity (Wildman–Crippen MR) is 61.2 cm³/mol. The molecule has 78 valence electrons. The molecule has 0 N–H and O–H groups in total. The van der Waals surface area contributed by atoms with E-state index < -0.39 is 0 Å². The summed E-state index contributed by atoms with van der Waals surface area (Å²) in [5.74, 6) is -0.310. The molecule has 1 aromatic carbocycles. The smallest absolute Gasteiger partial charge is 0.330 e. The lowest BCUT2D eigenvalue weighted by atomic mass is 10.2. The van der Waals surface area contributed by atoms with Crippen LogP contribution in [0.15, 0.2) is 48.6 Å². The van der Waals surface area contributed by atoms with Crippen molar-refractivity contribution in [3.8, 4) is 0 Å². The molecule has 0 bridgehead atoms. The molecule has 0 aromatic heterocycles. The van der Waals surface area contributed by atoms with E-state index in [4.69, 9.17) is 4.74 Å². The summed E-state index contributed by atoms with van der Waals surface area (Å²) in [6.07, 6.45) is 6.82. The van der Waals surface area contributed by atoms with E-state index in [9.17, 15) is 4.79 Å². The van der Waals surface area contributed by atoms with Crippen molar-refractivity contribution in [1.29, 1.82) is 0 Å². The summed E-state index contributed by atoms with van der Waals surface area (Å²) in [6, 6.07) is 9.89. The maximum Gasteiger partial charge on any atom is 0.330 e. The van der Waals surface area contributed by atoms with Gasteiger partial charge in [-0.25, -0.2) is 4.79 Å². The number of carbonyl (C=O) groups excluding carboxylic acids is 1. The van der Waals surface area contributed by atoms with Gasteiger partial charge in [0, 0.05) is 6.08 Å². The maximum absolute atomic E-state index is 10.9. The van der Waals surface area contributed by atoms with Crippen molar-refractivity contribution in [2.75, 3.05) is 6.61 Å². The fourth-order valence-corrected chi connectivity index (χ4v) is 1.06. The van der Waals surface area contributed by atoms with Crippen LogP contribution >= 0.6 is 0 Å². The molecule has 1 aromatic rings. The Morgan fingerprint density at radius 2 is 2.00 bits per heavy atom. The second-order valence-corrected chi connectivity index (χ2v) is 2.88. The molecule has 0 fully saturated rings. The summed E-state index contributed by atoms with van der Waals surface area (Å²) in [5, 5.41) is 0. The highest BCUT2D eigenvalue weighted by atomic mass is 16.5. The number of carbonyl (C=O) groups is 1. The fourth-order valence-electron chi connectivity index (χ4n) is 1.06. The number of benzene rings is 1. The molecule has 2 heteroatoms. The van der Waals surface area contributed by atoms with Crippen molar-refractivity contribution < 1.29 is 9.53 Å². The lowest BCUT2D eigenvalue weighted by Gasteiger charge is -1.92.